The van der Waals surface area contributed by atoms with Gasteiger partial charge < -0.3 is 5.73 Å². The van der Waals surface area contributed by atoms with Gasteiger partial charge in [0.05, 0.1) is 5.56 Å². The first kappa shape index (κ1) is 16.1. The molecule has 0 fully saturated rings. The Bertz CT molecular complexity index is 851. The van der Waals surface area contributed by atoms with Crippen LogP contribution in [0.3, 0.4) is 0 Å². The van der Waals surface area contributed by atoms with Crippen molar-refractivity contribution in [2.45, 2.75) is 6.42 Å². The van der Waals surface area contributed by atoms with Crippen molar-refractivity contribution < 1.29 is 0 Å². The molecular formula is C19H18N4. The van der Waals surface area contributed by atoms with Gasteiger partial charge in [-0.25, -0.2) is 4.98 Å². The smallest absolute Gasteiger partial charge is 0.139 e. The number of nitrogen functional groups attached to an aromatic ring is 1. The van der Waals surface area contributed by atoms with Crippen LogP contribution in [0.1, 0.15) is 12.0 Å². The van der Waals surface area contributed by atoms with E-state index >= 15 is 0 Å². The van der Waals surface area contributed by atoms with Crippen LogP contribution in [0.2, 0.25) is 0 Å². The number of fused-ring (bicyclic) bond motifs is 1. The van der Waals surface area contributed by atoms with Gasteiger partial charge in [-0.2, -0.15) is 5.10 Å². The van der Waals surface area contributed by atoms with Gasteiger partial charge in [0.15, 0.2) is 0 Å². The van der Waals surface area contributed by atoms with Crippen LogP contribution in [0.25, 0.3) is 10.8 Å². The molecule has 0 aliphatic rings. The number of hydrazone groups is 1. The highest BCUT2D eigenvalue weighted by Gasteiger charge is 2.04. The quantitative estimate of drug-likeness (QED) is 0.292. The standard InChI is InChI=1S/C19H18N4/c1-4-8-16(23-22-14(3)5-2)11-12-18-17-10-7-6-9-15(17)13-21-19(18)20/h4-7,9-10,13,22H,1-3,8H2,(H2,20,21)/b23-16+. The Morgan fingerprint density at radius 3 is 2.87 bits per heavy atom. The lowest BCUT2D eigenvalue weighted by molar-refractivity contribution is 0.920. The van der Waals surface area contributed by atoms with Crippen LogP contribution in [0.5, 0.6) is 0 Å². The molecule has 0 radical (unpaired) electrons. The van der Waals surface area contributed by atoms with Crippen molar-refractivity contribution in [1.29, 1.82) is 0 Å². The summed E-state index contributed by atoms with van der Waals surface area (Å²) in [4.78, 5) is 4.19. The minimum Gasteiger partial charge on any atom is -0.383 e. The van der Waals surface area contributed by atoms with E-state index in [2.05, 4.69) is 47.1 Å². The molecule has 2 aromatic rings. The summed E-state index contributed by atoms with van der Waals surface area (Å²) in [5.41, 5.74) is 10.7. The summed E-state index contributed by atoms with van der Waals surface area (Å²) in [5.74, 6) is 6.49. The zero-order chi connectivity index (χ0) is 16.7. The van der Waals surface area contributed by atoms with Crippen molar-refractivity contribution in [3.8, 4) is 11.8 Å². The molecule has 4 heteroatoms. The monoisotopic (exact) mass is 302 g/mol. The third-order valence-corrected chi connectivity index (χ3v) is 3.08. The van der Waals surface area contributed by atoms with Crippen molar-refractivity contribution in [1.82, 2.24) is 10.4 Å². The second-order valence-electron chi connectivity index (χ2n) is 4.75. The molecule has 0 saturated carbocycles. The molecule has 1 heterocycles. The van der Waals surface area contributed by atoms with E-state index in [0.29, 0.717) is 29.2 Å². The van der Waals surface area contributed by atoms with Gasteiger partial charge in [0.25, 0.3) is 0 Å². The SMILES string of the molecule is C=CC/C(C#Cc1c(N)ncc2ccccc12)=N\NC(=C)C=C. The van der Waals surface area contributed by atoms with Crippen LogP contribution < -0.4 is 11.2 Å². The van der Waals surface area contributed by atoms with Crippen LogP contribution in [-0.2, 0) is 0 Å². The second-order valence-corrected chi connectivity index (χ2v) is 4.75. The number of hydrogen-bond donors (Lipinski definition) is 2. The van der Waals surface area contributed by atoms with Crippen molar-refractivity contribution in [3.63, 3.8) is 0 Å². The van der Waals surface area contributed by atoms with Crippen LogP contribution in [0, 0.1) is 11.8 Å². The highest BCUT2D eigenvalue weighted by Crippen LogP contribution is 2.20. The van der Waals surface area contributed by atoms with E-state index in [0.717, 1.165) is 10.8 Å². The molecule has 1 aromatic carbocycles. The van der Waals surface area contributed by atoms with Crippen molar-refractivity contribution in [2.75, 3.05) is 5.73 Å². The summed E-state index contributed by atoms with van der Waals surface area (Å²) in [7, 11) is 0. The average molecular weight is 302 g/mol. The van der Waals surface area contributed by atoms with Crippen molar-refractivity contribution in [3.05, 3.63) is 73.6 Å². The zero-order valence-corrected chi connectivity index (χ0v) is 12.8. The number of pyridine rings is 1. The van der Waals surface area contributed by atoms with Crippen molar-refractivity contribution in [2.24, 2.45) is 5.10 Å². The lowest BCUT2D eigenvalue weighted by Crippen LogP contribution is -2.06. The molecular weight excluding hydrogens is 284 g/mol. The number of rotatable bonds is 5. The first-order valence-electron chi connectivity index (χ1n) is 7.05. The normalized spacial score (nSPS) is 10.5. The molecule has 0 bridgehead atoms. The second kappa shape index (κ2) is 7.62. The van der Waals surface area contributed by atoms with Gasteiger partial charge in [-0.15, -0.1) is 6.58 Å². The number of anilines is 1. The average Bonchev–Trinajstić information content (AvgIpc) is 2.58. The molecule has 4 nitrogen and oxygen atoms in total. The van der Waals surface area contributed by atoms with Gasteiger partial charge in [0, 0.05) is 29.1 Å². The maximum Gasteiger partial charge on any atom is 0.139 e. The van der Waals surface area contributed by atoms with Crippen molar-refractivity contribution >= 4 is 22.3 Å². The fraction of sp³-hybridized carbons (Fsp3) is 0.0526. The molecule has 0 aliphatic heterocycles. The molecule has 0 amide bonds. The Morgan fingerprint density at radius 1 is 1.35 bits per heavy atom. The van der Waals surface area contributed by atoms with Gasteiger partial charge in [-0.1, -0.05) is 49.4 Å². The lowest BCUT2D eigenvalue weighted by atomic mass is 10.1. The number of benzene rings is 1. The summed E-state index contributed by atoms with van der Waals surface area (Å²) >= 11 is 0. The fourth-order valence-electron chi connectivity index (χ4n) is 1.89. The third-order valence-electron chi connectivity index (χ3n) is 3.08. The highest BCUT2D eigenvalue weighted by atomic mass is 15.3. The zero-order valence-electron chi connectivity index (χ0n) is 12.8. The first-order chi connectivity index (χ1) is 11.2. The van der Waals surface area contributed by atoms with Crippen LogP contribution in [-0.4, -0.2) is 10.7 Å². The van der Waals surface area contributed by atoms with Gasteiger partial charge >= 0.3 is 0 Å². The Kier molecular flexibility index (Phi) is 5.32. The third kappa shape index (κ3) is 4.08. The molecule has 1 aromatic heterocycles. The summed E-state index contributed by atoms with van der Waals surface area (Å²) < 4.78 is 0. The molecule has 114 valence electrons. The largest absolute Gasteiger partial charge is 0.383 e. The Labute approximate surface area is 136 Å². The van der Waals surface area contributed by atoms with E-state index < -0.39 is 0 Å². The number of hydrogen-bond acceptors (Lipinski definition) is 4. The van der Waals surface area contributed by atoms with Crippen LogP contribution in [0.15, 0.2) is 73.1 Å². The Balaban J connectivity index is 2.42. The summed E-state index contributed by atoms with van der Waals surface area (Å²) in [5, 5.41) is 6.16. The lowest BCUT2D eigenvalue weighted by Gasteiger charge is -2.03. The van der Waals surface area contributed by atoms with Gasteiger partial charge in [0.1, 0.15) is 11.5 Å². The minimum atomic E-state index is 0.401. The summed E-state index contributed by atoms with van der Waals surface area (Å²) in [6.07, 6.45) is 5.58. The molecule has 3 N–H and O–H groups in total. The molecule has 0 saturated heterocycles. The van der Waals surface area contributed by atoms with E-state index in [9.17, 15) is 0 Å². The van der Waals surface area contributed by atoms with Crippen LogP contribution in [0.4, 0.5) is 5.82 Å². The van der Waals surface area contributed by atoms with E-state index in [1.807, 2.05) is 24.3 Å². The van der Waals surface area contributed by atoms with E-state index in [4.69, 9.17) is 5.73 Å². The Morgan fingerprint density at radius 2 is 2.13 bits per heavy atom. The van der Waals surface area contributed by atoms with E-state index in [1.165, 1.54) is 0 Å². The maximum atomic E-state index is 5.97. The summed E-state index contributed by atoms with van der Waals surface area (Å²) in [6, 6.07) is 7.84. The van der Waals surface area contributed by atoms with E-state index in [-0.39, 0.29) is 0 Å². The molecule has 0 aliphatic carbocycles. The maximum absolute atomic E-state index is 5.97. The van der Waals surface area contributed by atoms with Crippen LogP contribution >= 0.6 is 0 Å². The Hall–Kier alpha value is -3.32. The predicted octanol–water partition coefficient (Wildman–Crippen LogP) is 3.39. The van der Waals surface area contributed by atoms with E-state index in [1.54, 1.807) is 18.3 Å². The number of nitrogens with two attached hydrogens (primary N) is 1. The molecule has 0 spiro atoms. The number of aromatic nitrogens is 1. The van der Waals surface area contributed by atoms with Gasteiger partial charge in [-0.05, 0) is 12.0 Å². The summed E-state index contributed by atoms with van der Waals surface area (Å²) in [6.45, 7) is 11.1. The topological polar surface area (TPSA) is 63.3 Å². The molecule has 2 rings (SSSR count). The highest BCUT2D eigenvalue weighted by molar-refractivity contribution is 6.02. The molecule has 0 unspecified atom stereocenters. The molecule has 23 heavy (non-hydrogen) atoms. The minimum absolute atomic E-state index is 0.401. The number of nitrogens with one attached hydrogen (secondary N) is 1. The predicted molar refractivity (Wildman–Crippen MR) is 97.8 cm³/mol. The fourth-order valence-corrected chi connectivity index (χ4v) is 1.89. The van der Waals surface area contributed by atoms with Gasteiger partial charge in [0.2, 0.25) is 0 Å². The molecule has 0 atom stereocenters. The van der Waals surface area contributed by atoms with Gasteiger partial charge in [-0.3, -0.25) is 5.43 Å². The number of nitrogens with zero attached hydrogens (tertiary/aromatic N) is 2. The number of allylic oxidation sites excluding steroid dienone is 2. The first-order valence-corrected chi connectivity index (χ1v) is 7.05.